The molecule has 198 valence electrons. The molecule has 1 aliphatic heterocycles. The Morgan fingerprint density at radius 1 is 0.750 bits per heavy atom. The summed E-state index contributed by atoms with van der Waals surface area (Å²) in [6, 6.07) is 6.52. The Hall–Kier alpha value is -2.52. The molecule has 0 amide bonds. The molecule has 36 heavy (non-hydrogen) atoms. The predicted octanol–water partition coefficient (Wildman–Crippen LogP) is 9.38. The second-order valence-corrected chi connectivity index (χ2v) is 10.7. The summed E-state index contributed by atoms with van der Waals surface area (Å²) in [6.45, 7) is 16.6. The van der Waals surface area contributed by atoms with E-state index in [1.165, 1.54) is 33.4 Å². The quantitative estimate of drug-likeness (QED) is 0.248. The van der Waals surface area contributed by atoms with Crippen LogP contribution in [0.15, 0.2) is 76.4 Å². The number of benzene rings is 1. The van der Waals surface area contributed by atoms with Crippen LogP contribution in [-0.4, -0.2) is 12.8 Å². The van der Waals surface area contributed by atoms with E-state index in [1.807, 2.05) is 6.07 Å². The van der Waals surface area contributed by atoms with Gasteiger partial charge in [-0.1, -0.05) is 64.3 Å². The summed E-state index contributed by atoms with van der Waals surface area (Å²) in [6.07, 6.45) is 19.7. The second-order valence-electron chi connectivity index (χ2n) is 10.7. The highest BCUT2D eigenvalue weighted by atomic mass is 16.7. The van der Waals surface area contributed by atoms with E-state index in [4.69, 9.17) is 9.47 Å². The third-order valence-corrected chi connectivity index (χ3v) is 6.43. The van der Waals surface area contributed by atoms with Crippen molar-refractivity contribution in [3.05, 3.63) is 82.0 Å². The molecule has 0 bridgehead atoms. The summed E-state index contributed by atoms with van der Waals surface area (Å²) < 4.78 is 11.0. The Morgan fingerprint density at radius 3 is 2.00 bits per heavy atom. The van der Waals surface area contributed by atoms with Crippen molar-refractivity contribution >= 4 is 0 Å². The van der Waals surface area contributed by atoms with Crippen LogP contribution < -0.4 is 14.8 Å². The molecule has 1 atom stereocenters. The van der Waals surface area contributed by atoms with Crippen molar-refractivity contribution in [3.8, 4) is 11.5 Å². The van der Waals surface area contributed by atoms with E-state index >= 15 is 0 Å². The molecule has 2 rings (SSSR count). The molecule has 0 saturated carbocycles. The van der Waals surface area contributed by atoms with Crippen molar-refractivity contribution in [2.45, 2.75) is 106 Å². The van der Waals surface area contributed by atoms with Gasteiger partial charge in [0, 0.05) is 12.6 Å². The van der Waals surface area contributed by atoms with Crippen LogP contribution in [0.2, 0.25) is 0 Å². The molecule has 1 aromatic carbocycles. The van der Waals surface area contributed by atoms with Crippen molar-refractivity contribution in [2.24, 2.45) is 0 Å². The van der Waals surface area contributed by atoms with Gasteiger partial charge in [0.15, 0.2) is 11.5 Å². The third-order valence-electron chi connectivity index (χ3n) is 6.43. The summed E-state index contributed by atoms with van der Waals surface area (Å²) in [7, 11) is 0. The topological polar surface area (TPSA) is 30.5 Å². The number of hydrogen-bond acceptors (Lipinski definition) is 3. The van der Waals surface area contributed by atoms with E-state index < -0.39 is 0 Å². The maximum atomic E-state index is 5.55. The lowest BCUT2D eigenvalue weighted by Gasteiger charge is -2.16. The van der Waals surface area contributed by atoms with Crippen LogP contribution in [-0.2, 0) is 6.54 Å². The molecule has 1 aromatic rings. The number of fused-ring (bicyclic) bond motifs is 1. The molecule has 0 fully saturated rings. The van der Waals surface area contributed by atoms with Crippen molar-refractivity contribution in [2.75, 3.05) is 6.79 Å². The summed E-state index contributed by atoms with van der Waals surface area (Å²) in [5.74, 6) is 1.68. The molecule has 0 aromatic heterocycles. The van der Waals surface area contributed by atoms with Crippen LogP contribution >= 0.6 is 0 Å². The zero-order valence-corrected chi connectivity index (χ0v) is 23.9. The average molecular weight is 492 g/mol. The molecule has 0 radical (unpaired) electrons. The minimum atomic E-state index is 0.304. The Morgan fingerprint density at radius 2 is 1.33 bits per heavy atom. The third kappa shape index (κ3) is 12.4. The second kappa shape index (κ2) is 16.3. The first kappa shape index (κ1) is 29.7. The summed E-state index contributed by atoms with van der Waals surface area (Å²) in [5, 5.41) is 3.77. The normalized spacial score (nSPS) is 14.6. The molecule has 0 spiro atoms. The molecule has 3 nitrogen and oxygen atoms in total. The lowest BCUT2D eigenvalue weighted by molar-refractivity contribution is 0.174. The van der Waals surface area contributed by atoms with Gasteiger partial charge in [-0.3, -0.25) is 0 Å². The highest BCUT2D eigenvalue weighted by Gasteiger charge is 2.13. The molecule has 0 aliphatic carbocycles. The fourth-order valence-electron chi connectivity index (χ4n) is 4.19. The zero-order valence-electron chi connectivity index (χ0n) is 23.9. The van der Waals surface area contributed by atoms with Crippen molar-refractivity contribution in [1.29, 1.82) is 0 Å². The van der Waals surface area contributed by atoms with Crippen molar-refractivity contribution in [3.63, 3.8) is 0 Å². The number of allylic oxidation sites excluding steroid dienone is 8. The molecular weight excluding hydrogens is 442 g/mol. The van der Waals surface area contributed by atoms with Crippen LogP contribution in [0, 0.1) is 0 Å². The molecule has 1 unspecified atom stereocenters. The lowest BCUT2D eigenvalue weighted by Crippen LogP contribution is -2.26. The maximum Gasteiger partial charge on any atom is 0.231 e. The van der Waals surface area contributed by atoms with Gasteiger partial charge in [0.1, 0.15) is 0 Å². The smallest absolute Gasteiger partial charge is 0.231 e. The first-order valence-corrected chi connectivity index (χ1v) is 13.6. The number of ether oxygens (including phenoxy) is 2. The first-order chi connectivity index (χ1) is 17.2. The average Bonchev–Trinajstić information content (AvgIpc) is 3.28. The van der Waals surface area contributed by atoms with Crippen LogP contribution in [0.25, 0.3) is 0 Å². The van der Waals surface area contributed by atoms with Crippen LogP contribution in [0.1, 0.15) is 99.0 Å². The van der Waals surface area contributed by atoms with E-state index in [0.29, 0.717) is 12.8 Å². The van der Waals surface area contributed by atoms with E-state index in [9.17, 15) is 0 Å². The molecule has 3 heteroatoms. The molecule has 1 aliphatic rings. The van der Waals surface area contributed by atoms with E-state index in [2.05, 4.69) is 96.3 Å². The predicted molar refractivity (Wildman–Crippen MR) is 156 cm³/mol. The van der Waals surface area contributed by atoms with Gasteiger partial charge in [-0.25, -0.2) is 0 Å². The summed E-state index contributed by atoms with van der Waals surface area (Å²) in [5.41, 5.74) is 8.42. The number of rotatable bonds is 15. The Balaban J connectivity index is 1.94. The van der Waals surface area contributed by atoms with Gasteiger partial charge < -0.3 is 14.8 Å². The van der Waals surface area contributed by atoms with Gasteiger partial charge in [-0.15, -0.1) is 0 Å². The standard InChI is InChI=1S/C33H49NO2/c1-25(2)11-8-13-27(5)14-10-15-28(6)17-19-31(21-29(7)16-9-12-26(3)4)34-23-30-18-20-32-33(22-30)36-24-35-32/h11-12,14,17-18,20-22,31,34H,8-10,13,15-16,19,23-24H2,1-7H3. The Kier molecular flexibility index (Phi) is 13.4. The summed E-state index contributed by atoms with van der Waals surface area (Å²) in [4.78, 5) is 0. The molecule has 0 saturated heterocycles. The van der Waals surface area contributed by atoms with Crippen LogP contribution in [0.3, 0.4) is 0 Å². The molecular formula is C33H49NO2. The Bertz CT molecular complexity index is 969. The number of hydrogen-bond donors (Lipinski definition) is 1. The van der Waals surface area contributed by atoms with Gasteiger partial charge >= 0.3 is 0 Å². The lowest BCUT2D eigenvalue weighted by atomic mass is 10.0. The fourth-order valence-corrected chi connectivity index (χ4v) is 4.19. The highest BCUT2D eigenvalue weighted by Crippen LogP contribution is 2.32. The Labute approximate surface area is 221 Å². The van der Waals surface area contributed by atoms with Crippen LogP contribution in [0.5, 0.6) is 11.5 Å². The van der Waals surface area contributed by atoms with E-state index in [-0.39, 0.29) is 0 Å². The minimum absolute atomic E-state index is 0.304. The highest BCUT2D eigenvalue weighted by molar-refractivity contribution is 5.44. The molecule has 1 heterocycles. The molecule has 1 N–H and O–H groups in total. The SMILES string of the molecule is CC(C)=CCCC(C)=CCCC(C)=CCC(C=C(C)CCC=C(C)C)NCc1ccc2c(c1)OCO2. The first-order valence-electron chi connectivity index (χ1n) is 13.6. The van der Waals surface area contributed by atoms with Gasteiger partial charge in [-0.05, 0) is 111 Å². The van der Waals surface area contributed by atoms with Gasteiger partial charge in [-0.2, -0.15) is 0 Å². The minimum Gasteiger partial charge on any atom is -0.454 e. The largest absolute Gasteiger partial charge is 0.454 e. The zero-order chi connectivity index (χ0) is 26.3. The van der Waals surface area contributed by atoms with Crippen molar-refractivity contribution < 1.29 is 9.47 Å². The van der Waals surface area contributed by atoms with Gasteiger partial charge in [0.05, 0.1) is 0 Å². The van der Waals surface area contributed by atoms with Crippen molar-refractivity contribution in [1.82, 2.24) is 5.32 Å². The maximum absolute atomic E-state index is 5.55. The number of nitrogens with one attached hydrogen (secondary N) is 1. The summed E-state index contributed by atoms with van der Waals surface area (Å²) >= 11 is 0. The van der Waals surface area contributed by atoms with E-state index in [1.54, 1.807) is 0 Å². The van der Waals surface area contributed by atoms with E-state index in [0.717, 1.165) is 63.0 Å². The fraction of sp³-hybridized carbons (Fsp3) is 0.515. The van der Waals surface area contributed by atoms with Gasteiger partial charge in [0.25, 0.3) is 0 Å². The monoisotopic (exact) mass is 491 g/mol. The van der Waals surface area contributed by atoms with Gasteiger partial charge in [0.2, 0.25) is 6.79 Å². The van der Waals surface area contributed by atoms with Crippen LogP contribution in [0.4, 0.5) is 0 Å².